The summed E-state index contributed by atoms with van der Waals surface area (Å²) in [5.74, 6) is -2.76. The molecule has 4 aromatic rings. The summed E-state index contributed by atoms with van der Waals surface area (Å²) in [6.07, 6.45) is -3.34. The van der Waals surface area contributed by atoms with Crippen molar-refractivity contribution in [1.82, 2.24) is 9.55 Å². The number of aromatic nitrogens is 2. The molecule has 1 aromatic carbocycles. The third-order valence-electron chi connectivity index (χ3n) is 4.11. The highest BCUT2D eigenvalue weighted by Gasteiger charge is 2.38. The number of fused-ring (bicyclic) bond motifs is 3. The van der Waals surface area contributed by atoms with E-state index in [4.69, 9.17) is 14.6 Å². The zero-order chi connectivity index (χ0) is 21.9. The number of ether oxygens (including phenoxy) is 1. The summed E-state index contributed by atoms with van der Waals surface area (Å²) in [6, 6.07) is 15.5. The Kier molecular flexibility index (Phi) is 6.06. The summed E-state index contributed by atoms with van der Waals surface area (Å²) < 4.78 is 39.8. The van der Waals surface area contributed by atoms with Gasteiger partial charge in [-0.05, 0) is 18.2 Å². The lowest BCUT2D eigenvalue weighted by molar-refractivity contribution is -0.192. The molecule has 0 aliphatic carbocycles. The van der Waals surface area contributed by atoms with E-state index in [1.807, 2.05) is 48.5 Å². The molecule has 3 aromatic heterocycles. The van der Waals surface area contributed by atoms with Crippen molar-refractivity contribution in [3.63, 3.8) is 0 Å². The minimum Gasteiger partial charge on any atom is -0.487 e. The van der Waals surface area contributed by atoms with Gasteiger partial charge in [-0.2, -0.15) is 13.2 Å². The van der Waals surface area contributed by atoms with Gasteiger partial charge in [0, 0.05) is 17.6 Å². The molecule has 0 atom stereocenters. The maximum atomic E-state index is 13.0. The van der Waals surface area contributed by atoms with Crippen molar-refractivity contribution in [2.75, 3.05) is 7.11 Å². The van der Waals surface area contributed by atoms with Gasteiger partial charge in [-0.15, -0.1) is 0 Å². The van der Waals surface area contributed by atoms with E-state index >= 15 is 0 Å². The van der Waals surface area contributed by atoms with Crippen LogP contribution >= 0.6 is 11.3 Å². The zero-order valence-electron chi connectivity index (χ0n) is 15.5. The lowest BCUT2D eigenvalue weighted by Crippen LogP contribution is -2.21. The number of aliphatic carboxylic acids is 1. The predicted molar refractivity (Wildman–Crippen MR) is 107 cm³/mol. The van der Waals surface area contributed by atoms with Gasteiger partial charge in [0.2, 0.25) is 0 Å². The van der Waals surface area contributed by atoms with Gasteiger partial charge in [-0.3, -0.25) is 9.78 Å². The van der Waals surface area contributed by atoms with Crippen LogP contribution in [0.25, 0.3) is 21.0 Å². The maximum Gasteiger partial charge on any atom is 0.490 e. The molecule has 4 rings (SSSR count). The number of alkyl halides is 3. The lowest BCUT2D eigenvalue weighted by Gasteiger charge is -2.10. The van der Waals surface area contributed by atoms with E-state index in [9.17, 15) is 18.0 Å². The standard InChI is InChI=1S/C18H14N2O2S.C2HF3O2/c1-22-16-10-14-17(23-16)13-7-2-3-8-15(13)20(18(14)21)11-12-6-4-5-9-19-12;3-2(4,5)1(6)7/h2-10H,11H2,1H3;(H,6,7). The molecule has 6 nitrogen and oxygen atoms in total. The normalized spacial score (nSPS) is 11.2. The Balaban J connectivity index is 0.000000318. The smallest absolute Gasteiger partial charge is 0.487 e. The molecule has 10 heteroatoms. The fourth-order valence-electron chi connectivity index (χ4n) is 2.79. The molecule has 0 saturated heterocycles. The number of hydrogen-bond acceptors (Lipinski definition) is 5. The van der Waals surface area contributed by atoms with Crippen molar-refractivity contribution in [1.29, 1.82) is 0 Å². The fourth-order valence-corrected chi connectivity index (χ4v) is 3.79. The van der Waals surface area contributed by atoms with Crippen LogP contribution in [0.4, 0.5) is 13.2 Å². The van der Waals surface area contributed by atoms with Crippen LogP contribution in [0.1, 0.15) is 5.69 Å². The second-order valence-electron chi connectivity index (χ2n) is 6.04. The van der Waals surface area contributed by atoms with Gasteiger partial charge in [0.15, 0.2) is 5.06 Å². The number of hydrogen-bond donors (Lipinski definition) is 1. The van der Waals surface area contributed by atoms with E-state index in [-0.39, 0.29) is 5.56 Å². The molecule has 0 fully saturated rings. The molecule has 0 amide bonds. The Morgan fingerprint density at radius 3 is 2.43 bits per heavy atom. The number of carboxylic acids is 1. The van der Waals surface area contributed by atoms with Crippen LogP contribution in [0.15, 0.2) is 59.5 Å². The highest BCUT2D eigenvalue weighted by Crippen LogP contribution is 2.34. The molecule has 156 valence electrons. The van der Waals surface area contributed by atoms with Crippen molar-refractivity contribution < 1.29 is 27.8 Å². The summed E-state index contributed by atoms with van der Waals surface area (Å²) in [6.45, 7) is 0.453. The molecule has 3 heterocycles. The zero-order valence-corrected chi connectivity index (χ0v) is 16.3. The van der Waals surface area contributed by atoms with E-state index in [0.717, 1.165) is 26.4 Å². The van der Waals surface area contributed by atoms with Crippen molar-refractivity contribution in [2.24, 2.45) is 0 Å². The lowest BCUT2D eigenvalue weighted by atomic mass is 10.1. The molecule has 0 aliphatic rings. The van der Waals surface area contributed by atoms with Gasteiger partial charge in [-0.1, -0.05) is 35.6 Å². The Morgan fingerprint density at radius 1 is 1.17 bits per heavy atom. The first-order valence-electron chi connectivity index (χ1n) is 8.51. The minimum atomic E-state index is -5.08. The Hall–Kier alpha value is -3.40. The number of halogens is 3. The monoisotopic (exact) mass is 436 g/mol. The van der Waals surface area contributed by atoms with Gasteiger partial charge in [0.05, 0.1) is 35.0 Å². The number of carboxylic acid groups (broad SMARTS) is 1. The Labute approximate surface area is 171 Å². The first kappa shape index (κ1) is 21.3. The quantitative estimate of drug-likeness (QED) is 0.518. The molecular formula is C20H15F3N2O4S. The number of thiophene rings is 1. The SMILES string of the molecule is COc1cc2c(=O)n(Cc3ccccn3)c3ccccc3c2s1.O=C(O)C(F)(F)F. The summed E-state index contributed by atoms with van der Waals surface area (Å²) in [7, 11) is 1.62. The molecule has 30 heavy (non-hydrogen) atoms. The van der Waals surface area contributed by atoms with Gasteiger partial charge < -0.3 is 14.4 Å². The topological polar surface area (TPSA) is 81.4 Å². The van der Waals surface area contributed by atoms with Crippen LogP contribution in [-0.2, 0) is 11.3 Å². The van der Waals surface area contributed by atoms with Crippen molar-refractivity contribution in [3.8, 4) is 5.06 Å². The van der Waals surface area contributed by atoms with Gasteiger partial charge in [0.1, 0.15) is 0 Å². The van der Waals surface area contributed by atoms with E-state index in [1.54, 1.807) is 17.9 Å². The van der Waals surface area contributed by atoms with Crippen LogP contribution in [0.2, 0.25) is 0 Å². The second-order valence-corrected chi connectivity index (χ2v) is 7.06. The van der Waals surface area contributed by atoms with Crippen LogP contribution in [-0.4, -0.2) is 33.9 Å². The van der Waals surface area contributed by atoms with Gasteiger partial charge >= 0.3 is 12.1 Å². The highest BCUT2D eigenvalue weighted by atomic mass is 32.1. The first-order chi connectivity index (χ1) is 14.2. The van der Waals surface area contributed by atoms with E-state index in [2.05, 4.69) is 4.98 Å². The average molecular weight is 436 g/mol. The average Bonchev–Trinajstić information content (AvgIpc) is 3.17. The van der Waals surface area contributed by atoms with Crippen molar-refractivity contribution >= 4 is 38.3 Å². The summed E-state index contributed by atoms with van der Waals surface area (Å²) in [4.78, 5) is 26.2. The van der Waals surface area contributed by atoms with Crippen LogP contribution in [0.5, 0.6) is 5.06 Å². The molecule has 0 spiro atoms. The number of methoxy groups -OCH3 is 1. The number of para-hydroxylation sites is 1. The maximum absolute atomic E-state index is 13.0. The van der Waals surface area contributed by atoms with Crippen molar-refractivity contribution in [2.45, 2.75) is 12.7 Å². The number of pyridine rings is 2. The number of benzene rings is 1. The third kappa shape index (κ3) is 4.43. The summed E-state index contributed by atoms with van der Waals surface area (Å²) in [5.41, 5.74) is 1.77. The second kappa shape index (κ2) is 8.54. The summed E-state index contributed by atoms with van der Waals surface area (Å²) >= 11 is 1.50. The predicted octanol–water partition coefficient (Wildman–Crippen LogP) is 4.30. The van der Waals surface area contributed by atoms with Crippen LogP contribution < -0.4 is 10.3 Å². The number of nitrogens with zero attached hydrogens (tertiary/aromatic N) is 2. The minimum absolute atomic E-state index is 0.0103. The first-order valence-corrected chi connectivity index (χ1v) is 9.33. The van der Waals surface area contributed by atoms with Crippen molar-refractivity contribution in [3.05, 3.63) is 70.8 Å². The van der Waals surface area contributed by atoms with Gasteiger partial charge in [0.25, 0.3) is 5.56 Å². The molecular weight excluding hydrogens is 421 g/mol. The molecule has 0 saturated carbocycles. The molecule has 1 N–H and O–H groups in total. The summed E-state index contributed by atoms with van der Waals surface area (Å²) in [5, 5.41) is 9.63. The van der Waals surface area contributed by atoms with Crippen LogP contribution in [0.3, 0.4) is 0 Å². The number of carbonyl (C=O) groups is 1. The fraction of sp³-hybridized carbons (Fsp3) is 0.150. The Morgan fingerprint density at radius 2 is 1.83 bits per heavy atom. The van der Waals surface area contributed by atoms with Crippen LogP contribution in [0, 0.1) is 0 Å². The third-order valence-corrected chi connectivity index (χ3v) is 5.24. The molecule has 0 bridgehead atoms. The number of rotatable bonds is 3. The van der Waals surface area contributed by atoms with E-state index in [1.165, 1.54) is 11.3 Å². The van der Waals surface area contributed by atoms with E-state index < -0.39 is 12.1 Å². The molecule has 0 radical (unpaired) electrons. The largest absolute Gasteiger partial charge is 0.490 e. The van der Waals surface area contributed by atoms with Gasteiger partial charge in [-0.25, -0.2) is 4.79 Å². The molecule has 0 aliphatic heterocycles. The Bertz CT molecular complexity index is 1250. The highest BCUT2D eigenvalue weighted by molar-refractivity contribution is 7.21. The van der Waals surface area contributed by atoms with E-state index in [0.29, 0.717) is 11.9 Å². The molecule has 0 unspecified atom stereocenters.